The lowest BCUT2D eigenvalue weighted by molar-refractivity contribution is -0.698. The van der Waals surface area contributed by atoms with Crippen molar-refractivity contribution < 1.29 is 4.57 Å². The molecule has 0 bridgehead atoms. The van der Waals surface area contributed by atoms with Gasteiger partial charge in [0.1, 0.15) is 6.54 Å². The topological polar surface area (TPSA) is 3.88 Å². The third-order valence-corrected chi connectivity index (χ3v) is 11.4. The Morgan fingerprint density at radius 1 is 0.280 bits per heavy atom. The van der Waals surface area contributed by atoms with Crippen molar-refractivity contribution in [1.29, 1.82) is 0 Å². The van der Waals surface area contributed by atoms with Crippen LogP contribution in [0.25, 0.3) is 0 Å². The Kier molecular flexibility index (Phi) is 37.1. The first kappa shape index (κ1) is 47.2. The van der Waals surface area contributed by atoms with E-state index in [1.807, 2.05) is 0 Å². The lowest BCUT2D eigenvalue weighted by Crippen LogP contribution is -2.34. The Balaban J connectivity index is 2.29. The Bertz CT molecular complexity index is 733. The Morgan fingerprint density at radius 2 is 0.500 bits per heavy atom. The summed E-state index contributed by atoms with van der Waals surface area (Å²) < 4.78 is 2.59. The van der Waals surface area contributed by atoms with Gasteiger partial charge in [0.2, 0.25) is 0 Å². The molecule has 1 aromatic rings. The van der Waals surface area contributed by atoms with Crippen LogP contribution < -0.4 is 4.57 Å². The largest absolute Gasteiger partial charge is 0.205 e. The monoisotopic (exact) mass is 697 g/mol. The lowest BCUT2D eigenvalue weighted by Gasteiger charge is -2.08. The highest BCUT2D eigenvalue weighted by molar-refractivity contribution is 5.15. The number of unbranched alkanes of at least 4 members (excludes halogenated alkanes) is 35. The fourth-order valence-corrected chi connectivity index (χ4v) is 8.01. The standard InChI is InChI=1S/C49H94N/c1-4-7-10-13-16-19-22-24-26-28-30-33-36-39-42-48-45-49(43-40-37-34-31-29-27-25-23-20-17-14-11-8-5-2)47-50(46-48)44-41-38-35-32-21-18-15-12-9-6-3/h45-47H,4-44H2,1-3H3/q+1. The summed E-state index contributed by atoms with van der Waals surface area (Å²) in [6, 6.07) is 2.58. The van der Waals surface area contributed by atoms with E-state index in [-0.39, 0.29) is 0 Å². The van der Waals surface area contributed by atoms with E-state index in [0.29, 0.717) is 0 Å². The molecular weight excluding hydrogens is 603 g/mol. The van der Waals surface area contributed by atoms with Gasteiger partial charge in [-0.05, 0) is 38.2 Å². The highest BCUT2D eigenvalue weighted by atomic mass is 14.9. The first-order valence-corrected chi connectivity index (χ1v) is 23.8. The van der Waals surface area contributed by atoms with Gasteiger partial charge in [-0.15, -0.1) is 0 Å². The van der Waals surface area contributed by atoms with Crippen LogP contribution in [-0.4, -0.2) is 0 Å². The van der Waals surface area contributed by atoms with Gasteiger partial charge in [0.15, 0.2) is 12.4 Å². The molecule has 0 saturated carbocycles. The van der Waals surface area contributed by atoms with E-state index in [1.165, 1.54) is 263 Å². The average Bonchev–Trinajstić information content (AvgIpc) is 3.12. The van der Waals surface area contributed by atoms with Gasteiger partial charge >= 0.3 is 0 Å². The second-order valence-electron chi connectivity index (χ2n) is 16.7. The van der Waals surface area contributed by atoms with E-state index in [4.69, 9.17) is 0 Å². The number of hydrogen-bond acceptors (Lipinski definition) is 0. The van der Waals surface area contributed by atoms with Crippen molar-refractivity contribution in [3.63, 3.8) is 0 Å². The van der Waals surface area contributed by atoms with Crippen molar-refractivity contribution >= 4 is 0 Å². The van der Waals surface area contributed by atoms with Crippen molar-refractivity contribution in [1.82, 2.24) is 0 Å². The number of nitrogens with zero attached hydrogens (tertiary/aromatic N) is 1. The van der Waals surface area contributed by atoms with Gasteiger partial charge in [0.25, 0.3) is 0 Å². The molecule has 0 fully saturated rings. The Labute approximate surface area is 317 Å². The zero-order valence-electron chi connectivity index (χ0n) is 35.2. The van der Waals surface area contributed by atoms with Gasteiger partial charge in [-0.1, -0.05) is 239 Å². The maximum atomic E-state index is 2.59. The van der Waals surface area contributed by atoms with Crippen LogP contribution in [0.3, 0.4) is 0 Å². The van der Waals surface area contributed by atoms with Crippen molar-refractivity contribution in [3.05, 3.63) is 29.6 Å². The molecular formula is C49H94N+. The maximum Gasteiger partial charge on any atom is 0.171 e. The predicted octanol–water partition coefficient (Wildman–Crippen LogP) is 16.9. The van der Waals surface area contributed by atoms with Crippen molar-refractivity contribution in [3.8, 4) is 0 Å². The molecule has 0 unspecified atom stereocenters. The number of pyridine rings is 1. The molecule has 0 aliphatic rings. The number of rotatable bonds is 41. The van der Waals surface area contributed by atoms with Gasteiger partial charge in [0.05, 0.1) is 0 Å². The van der Waals surface area contributed by atoms with Crippen LogP contribution in [0.2, 0.25) is 0 Å². The summed E-state index contributed by atoms with van der Waals surface area (Å²) in [5.74, 6) is 0. The van der Waals surface area contributed by atoms with E-state index in [9.17, 15) is 0 Å². The minimum atomic E-state index is 1.22. The van der Waals surface area contributed by atoms with Crippen LogP contribution in [0.4, 0.5) is 0 Å². The molecule has 0 spiro atoms. The van der Waals surface area contributed by atoms with E-state index in [1.54, 1.807) is 11.1 Å². The van der Waals surface area contributed by atoms with Gasteiger partial charge in [-0.25, -0.2) is 4.57 Å². The summed E-state index contributed by atoms with van der Waals surface area (Å²) in [7, 11) is 0. The number of hydrogen-bond donors (Lipinski definition) is 0. The second kappa shape index (κ2) is 39.4. The Morgan fingerprint density at radius 3 is 0.760 bits per heavy atom. The van der Waals surface area contributed by atoms with Crippen molar-refractivity contribution in [2.75, 3.05) is 0 Å². The number of aromatic nitrogens is 1. The predicted molar refractivity (Wildman–Crippen MR) is 227 cm³/mol. The molecule has 1 heterocycles. The summed E-state index contributed by atoms with van der Waals surface area (Å²) in [5, 5.41) is 0. The minimum Gasteiger partial charge on any atom is -0.205 e. The fourth-order valence-electron chi connectivity index (χ4n) is 8.01. The van der Waals surface area contributed by atoms with Crippen LogP contribution >= 0.6 is 0 Å². The zero-order valence-corrected chi connectivity index (χ0v) is 35.2. The average molecular weight is 697 g/mol. The molecule has 50 heavy (non-hydrogen) atoms. The zero-order chi connectivity index (χ0) is 35.8. The van der Waals surface area contributed by atoms with Crippen LogP contribution in [0.15, 0.2) is 18.5 Å². The van der Waals surface area contributed by atoms with Gasteiger partial charge < -0.3 is 0 Å². The minimum absolute atomic E-state index is 1.22. The molecule has 1 heteroatoms. The molecule has 0 saturated heterocycles. The van der Waals surface area contributed by atoms with Crippen LogP contribution in [0.5, 0.6) is 0 Å². The SMILES string of the molecule is CCCCCCCCCCCCCCCCc1cc(CCCCCCCCCCCCCCCC)c[n+](CCCCCCCCCCCC)c1. The molecule has 0 aliphatic heterocycles. The maximum absolute atomic E-state index is 2.59. The van der Waals surface area contributed by atoms with E-state index in [0.717, 1.165) is 0 Å². The lowest BCUT2D eigenvalue weighted by atomic mass is 10.0. The highest BCUT2D eigenvalue weighted by Gasteiger charge is 2.09. The molecule has 0 aliphatic carbocycles. The molecule has 0 atom stereocenters. The van der Waals surface area contributed by atoms with Crippen LogP contribution in [0, 0.1) is 0 Å². The molecule has 1 aromatic heterocycles. The third kappa shape index (κ3) is 33.0. The van der Waals surface area contributed by atoms with Crippen molar-refractivity contribution in [2.45, 2.75) is 284 Å². The Hall–Kier alpha value is -0.850. The van der Waals surface area contributed by atoms with E-state index < -0.39 is 0 Å². The molecule has 1 rings (SSSR count). The van der Waals surface area contributed by atoms with E-state index in [2.05, 4.69) is 43.8 Å². The summed E-state index contributed by atoms with van der Waals surface area (Å²) in [6.45, 7) is 8.16. The molecule has 0 aromatic carbocycles. The van der Waals surface area contributed by atoms with E-state index >= 15 is 0 Å². The smallest absolute Gasteiger partial charge is 0.171 e. The third-order valence-electron chi connectivity index (χ3n) is 11.4. The number of aryl methyl sites for hydroxylation is 3. The quantitative estimate of drug-likeness (QED) is 0.0474. The second-order valence-corrected chi connectivity index (χ2v) is 16.7. The van der Waals surface area contributed by atoms with Gasteiger partial charge in [-0.2, -0.15) is 0 Å². The normalized spacial score (nSPS) is 11.6. The van der Waals surface area contributed by atoms with Crippen LogP contribution in [0.1, 0.15) is 276 Å². The van der Waals surface area contributed by atoms with Crippen molar-refractivity contribution in [2.24, 2.45) is 0 Å². The summed E-state index contributed by atoms with van der Waals surface area (Å²) in [4.78, 5) is 0. The molecule has 0 N–H and O–H groups in total. The van der Waals surface area contributed by atoms with Crippen LogP contribution in [-0.2, 0) is 19.4 Å². The highest BCUT2D eigenvalue weighted by Crippen LogP contribution is 2.17. The summed E-state index contributed by atoms with van der Waals surface area (Å²) >= 11 is 0. The first-order chi connectivity index (χ1) is 24.8. The molecule has 294 valence electrons. The molecule has 0 amide bonds. The fraction of sp³-hybridized carbons (Fsp3) is 0.898. The molecule has 1 nitrogen and oxygen atoms in total. The summed E-state index contributed by atoms with van der Waals surface area (Å²) in [6.07, 6.45) is 62.3. The molecule has 0 radical (unpaired) electrons. The summed E-state index contributed by atoms with van der Waals surface area (Å²) in [5.41, 5.74) is 3.22. The first-order valence-electron chi connectivity index (χ1n) is 23.8. The van der Waals surface area contributed by atoms with Gasteiger partial charge in [-0.3, -0.25) is 0 Å². The van der Waals surface area contributed by atoms with Gasteiger partial charge in [0, 0.05) is 17.5 Å².